The molecule has 114 valence electrons. The second-order valence-electron chi connectivity index (χ2n) is 5.23. The number of nitrogens with zero attached hydrogens (tertiary/aromatic N) is 3. The molecule has 0 aliphatic heterocycles. The molecular formula is C17H14N4O2. The standard InChI is InChI=1S/C17H14N4O2/c1-11-4-6-12(7-5-11)15-14-16(18-9-13-3-2-8-22-13)19-10-20-17(14)23-21-15/h2-8,10H,9H2,1H3,(H,18,19,20). The van der Waals surface area contributed by atoms with Crippen LogP contribution in [0.5, 0.6) is 0 Å². The summed E-state index contributed by atoms with van der Waals surface area (Å²) >= 11 is 0. The molecule has 0 aliphatic carbocycles. The lowest BCUT2D eigenvalue weighted by Crippen LogP contribution is -2.01. The van der Waals surface area contributed by atoms with Crippen LogP contribution in [0.3, 0.4) is 0 Å². The number of aryl methyl sites for hydroxylation is 1. The van der Waals surface area contributed by atoms with Gasteiger partial charge in [0.2, 0.25) is 0 Å². The molecule has 0 bridgehead atoms. The molecule has 3 aromatic heterocycles. The molecule has 1 N–H and O–H groups in total. The fourth-order valence-electron chi connectivity index (χ4n) is 2.41. The van der Waals surface area contributed by atoms with Gasteiger partial charge in [-0.2, -0.15) is 4.98 Å². The maximum atomic E-state index is 5.35. The van der Waals surface area contributed by atoms with E-state index in [1.807, 2.05) is 43.3 Å². The molecule has 1 aromatic carbocycles. The van der Waals surface area contributed by atoms with Crippen molar-refractivity contribution >= 4 is 16.9 Å². The van der Waals surface area contributed by atoms with Gasteiger partial charge in [-0.1, -0.05) is 35.0 Å². The van der Waals surface area contributed by atoms with Gasteiger partial charge in [-0.25, -0.2) is 4.98 Å². The van der Waals surface area contributed by atoms with E-state index in [4.69, 9.17) is 8.94 Å². The Morgan fingerprint density at radius 2 is 1.96 bits per heavy atom. The van der Waals surface area contributed by atoms with Gasteiger partial charge < -0.3 is 14.3 Å². The number of benzene rings is 1. The van der Waals surface area contributed by atoms with E-state index in [0.717, 1.165) is 22.4 Å². The minimum absolute atomic E-state index is 0.456. The van der Waals surface area contributed by atoms with Crippen LogP contribution in [-0.4, -0.2) is 15.1 Å². The molecule has 6 nitrogen and oxygen atoms in total. The van der Waals surface area contributed by atoms with E-state index in [-0.39, 0.29) is 0 Å². The normalized spacial score (nSPS) is 11.0. The average Bonchev–Trinajstić information content (AvgIpc) is 3.23. The zero-order chi connectivity index (χ0) is 15.6. The summed E-state index contributed by atoms with van der Waals surface area (Å²) in [4.78, 5) is 8.47. The largest absolute Gasteiger partial charge is 0.467 e. The first-order chi connectivity index (χ1) is 11.3. The van der Waals surface area contributed by atoms with Crippen LogP contribution in [0.2, 0.25) is 0 Å². The summed E-state index contributed by atoms with van der Waals surface area (Å²) in [7, 11) is 0. The summed E-state index contributed by atoms with van der Waals surface area (Å²) in [5.41, 5.74) is 3.33. The summed E-state index contributed by atoms with van der Waals surface area (Å²) in [6.45, 7) is 2.57. The highest BCUT2D eigenvalue weighted by Gasteiger charge is 2.16. The maximum Gasteiger partial charge on any atom is 0.263 e. The average molecular weight is 306 g/mol. The van der Waals surface area contributed by atoms with Gasteiger partial charge in [0.15, 0.2) is 0 Å². The molecular weight excluding hydrogens is 292 g/mol. The number of nitrogens with one attached hydrogen (secondary N) is 1. The summed E-state index contributed by atoms with van der Waals surface area (Å²) < 4.78 is 10.7. The number of rotatable bonds is 4. The van der Waals surface area contributed by atoms with Gasteiger partial charge in [0.25, 0.3) is 5.71 Å². The van der Waals surface area contributed by atoms with Gasteiger partial charge in [0, 0.05) is 5.56 Å². The Morgan fingerprint density at radius 1 is 1.09 bits per heavy atom. The van der Waals surface area contributed by atoms with E-state index in [1.165, 1.54) is 11.9 Å². The number of hydrogen-bond acceptors (Lipinski definition) is 6. The van der Waals surface area contributed by atoms with Crippen molar-refractivity contribution in [2.75, 3.05) is 5.32 Å². The predicted octanol–water partition coefficient (Wildman–Crippen LogP) is 3.80. The zero-order valence-corrected chi connectivity index (χ0v) is 12.5. The minimum Gasteiger partial charge on any atom is -0.467 e. The summed E-state index contributed by atoms with van der Waals surface area (Å²) in [6.07, 6.45) is 3.10. The molecule has 0 spiro atoms. The zero-order valence-electron chi connectivity index (χ0n) is 12.5. The Bertz CT molecular complexity index is 927. The number of fused-ring (bicyclic) bond motifs is 1. The lowest BCUT2D eigenvalue weighted by Gasteiger charge is -2.05. The van der Waals surface area contributed by atoms with E-state index >= 15 is 0 Å². The van der Waals surface area contributed by atoms with Crippen LogP contribution in [0.1, 0.15) is 11.3 Å². The third-order valence-electron chi connectivity index (χ3n) is 3.61. The molecule has 4 rings (SSSR count). The lowest BCUT2D eigenvalue weighted by atomic mass is 10.1. The van der Waals surface area contributed by atoms with Crippen molar-refractivity contribution in [1.29, 1.82) is 0 Å². The van der Waals surface area contributed by atoms with Gasteiger partial charge in [0.05, 0.1) is 12.8 Å². The van der Waals surface area contributed by atoms with Crippen LogP contribution >= 0.6 is 0 Å². The summed E-state index contributed by atoms with van der Waals surface area (Å²) in [5, 5.41) is 8.18. The van der Waals surface area contributed by atoms with Crippen molar-refractivity contribution in [3.63, 3.8) is 0 Å². The second-order valence-corrected chi connectivity index (χ2v) is 5.23. The van der Waals surface area contributed by atoms with Gasteiger partial charge in [0.1, 0.15) is 29.0 Å². The smallest absolute Gasteiger partial charge is 0.263 e. The van der Waals surface area contributed by atoms with Crippen LogP contribution in [0.25, 0.3) is 22.4 Å². The molecule has 0 fully saturated rings. The molecule has 0 amide bonds. The topological polar surface area (TPSA) is 77.0 Å². The molecule has 0 radical (unpaired) electrons. The fourth-order valence-corrected chi connectivity index (χ4v) is 2.41. The SMILES string of the molecule is Cc1ccc(-c2noc3ncnc(NCc4ccco4)c23)cc1. The maximum absolute atomic E-state index is 5.35. The highest BCUT2D eigenvalue weighted by molar-refractivity contribution is 5.97. The van der Waals surface area contributed by atoms with Crippen molar-refractivity contribution < 1.29 is 8.94 Å². The monoisotopic (exact) mass is 306 g/mol. The third-order valence-corrected chi connectivity index (χ3v) is 3.61. The van der Waals surface area contributed by atoms with Crippen LogP contribution in [0, 0.1) is 6.92 Å². The Morgan fingerprint density at radius 3 is 2.74 bits per heavy atom. The Labute approximate surface area is 132 Å². The predicted molar refractivity (Wildman–Crippen MR) is 85.8 cm³/mol. The molecule has 0 saturated heterocycles. The highest BCUT2D eigenvalue weighted by atomic mass is 16.5. The van der Waals surface area contributed by atoms with Crippen molar-refractivity contribution in [3.05, 3.63) is 60.3 Å². The summed E-state index contributed by atoms with van der Waals surface area (Å²) in [6, 6.07) is 11.8. The Balaban J connectivity index is 1.75. The van der Waals surface area contributed by atoms with Crippen molar-refractivity contribution in [1.82, 2.24) is 15.1 Å². The van der Waals surface area contributed by atoms with Gasteiger partial charge in [-0.15, -0.1) is 0 Å². The van der Waals surface area contributed by atoms with Crippen molar-refractivity contribution in [2.24, 2.45) is 0 Å². The lowest BCUT2D eigenvalue weighted by molar-refractivity contribution is 0.451. The molecule has 0 saturated carbocycles. The number of anilines is 1. The fraction of sp³-hybridized carbons (Fsp3) is 0.118. The first-order valence-electron chi connectivity index (χ1n) is 7.25. The van der Waals surface area contributed by atoms with Crippen LogP contribution in [-0.2, 0) is 6.54 Å². The van der Waals surface area contributed by atoms with Crippen LogP contribution in [0.15, 0.2) is 57.9 Å². The van der Waals surface area contributed by atoms with Gasteiger partial charge >= 0.3 is 0 Å². The minimum atomic E-state index is 0.456. The van der Waals surface area contributed by atoms with Crippen molar-refractivity contribution in [2.45, 2.75) is 13.5 Å². The molecule has 0 atom stereocenters. The van der Waals surface area contributed by atoms with E-state index in [2.05, 4.69) is 20.4 Å². The molecule has 3 heterocycles. The van der Waals surface area contributed by atoms with E-state index in [0.29, 0.717) is 18.1 Å². The Kier molecular flexibility index (Phi) is 3.27. The number of hydrogen-bond donors (Lipinski definition) is 1. The van der Waals surface area contributed by atoms with Crippen LogP contribution < -0.4 is 5.32 Å². The molecule has 23 heavy (non-hydrogen) atoms. The van der Waals surface area contributed by atoms with E-state index in [1.54, 1.807) is 6.26 Å². The van der Waals surface area contributed by atoms with E-state index < -0.39 is 0 Å². The quantitative estimate of drug-likeness (QED) is 0.618. The van der Waals surface area contributed by atoms with Gasteiger partial charge in [-0.05, 0) is 19.1 Å². The summed E-state index contributed by atoms with van der Waals surface area (Å²) in [5.74, 6) is 1.49. The molecule has 0 aliphatic rings. The number of aromatic nitrogens is 3. The molecule has 4 aromatic rings. The Hall–Kier alpha value is -3.15. The van der Waals surface area contributed by atoms with E-state index in [9.17, 15) is 0 Å². The molecule has 0 unspecified atom stereocenters. The second kappa shape index (κ2) is 5.57. The third kappa shape index (κ3) is 2.55. The first-order valence-corrected chi connectivity index (χ1v) is 7.25. The van der Waals surface area contributed by atoms with Crippen molar-refractivity contribution in [3.8, 4) is 11.3 Å². The number of furan rings is 1. The first kappa shape index (κ1) is 13.5. The molecule has 6 heteroatoms. The van der Waals surface area contributed by atoms with Gasteiger partial charge in [-0.3, -0.25) is 0 Å². The van der Waals surface area contributed by atoms with Crippen LogP contribution in [0.4, 0.5) is 5.82 Å². The highest BCUT2D eigenvalue weighted by Crippen LogP contribution is 2.31.